The number of likely N-dealkylation sites (tertiary alicyclic amines) is 1. The Morgan fingerprint density at radius 3 is 2.67 bits per heavy atom. The van der Waals surface area contributed by atoms with Crippen LogP contribution in [0.25, 0.3) is 0 Å². The van der Waals surface area contributed by atoms with Gasteiger partial charge < -0.3 is 5.32 Å². The van der Waals surface area contributed by atoms with E-state index in [9.17, 15) is 4.79 Å². The van der Waals surface area contributed by atoms with Crippen LogP contribution >= 0.6 is 27.7 Å². The molecular weight excluding hydrogens is 420 g/mol. The van der Waals surface area contributed by atoms with E-state index in [0.717, 1.165) is 55.0 Å². The van der Waals surface area contributed by atoms with Gasteiger partial charge in [0.2, 0.25) is 5.91 Å². The van der Waals surface area contributed by atoms with Gasteiger partial charge in [-0.05, 0) is 42.6 Å². The Kier molecular flexibility index (Phi) is 8.24. The van der Waals surface area contributed by atoms with Gasteiger partial charge in [0.05, 0.1) is 5.92 Å². The van der Waals surface area contributed by atoms with E-state index in [4.69, 9.17) is 0 Å². The van der Waals surface area contributed by atoms with Gasteiger partial charge in [-0.2, -0.15) is 11.8 Å². The largest absolute Gasteiger partial charge is 0.355 e. The zero-order chi connectivity index (χ0) is 18.9. The average Bonchev–Trinajstić information content (AvgIpc) is 2.70. The molecule has 0 bridgehead atoms. The Bertz CT molecular complexity index is 708. The molecule has 5 heteroatoms. The maximum atomic E-state index is 12.5. The van der Waals surface area contributed by atoms with Crippen LogP contribution in [0.15, 0.2) is 59.1 Å². The molecule has 0 saturated carbocycles. The molecule has 0 aliphatic carbocycles. The highest BCUT2D eigenvalue weighted by Gasteiger charge is 2.25. The van der Waals surface area contributed by atoms with E-state index >= 15 is 0 Å². The average molecular weight is 447 g/mol. The lowest BCUT2D eigenvalue weighted by Gasteiger charge is -2.32. The number of nitrogens with one attached hydrogen (secondary N) is 1. The number of hydrogen-bond acceptors (Lipinski definition) is 3. The molecule has 1 heterocycles. The summed E-state index contributed by atoms with van der Waals surface area (Å²) in [6.07, 6.45) is 2.09. The Morgan fingerprint density at radius 2 is 1.89 bits per heavy atom. The number of amides is 1. The van der Waals surface area contributed by atoms with Crippen LogP contribution in [0.4, 0.5) is 0 Å². The van der Waals surface area contributed by atoms with Gasteiger partial charge in [0.15, 0.2) is 0 Å². The number of thioether (sulfide) groups is 1. The molecule has 3 rings (SSSR count). The van der Waals surface area contributed by atoms with Gasteiger partial charge in [-0.15, -0.1) is 0 Å². The standard InChI is InChI=1S/C22H27BrN2OS/c23-21-10-8-18(9-11-21)15-25-13-4-7-20(16-25)22(26)24-12-14-27-17-19-5-2-1-3-6-19/h1-3,5-6,8-11,20H,4,7,12-17H2,(H,24,26). The van der Waals surface area contributed by atoms with Crippen molar-refractivity contribution < 1.29 is 4.79 Å². The molecule has 1 atom stereocenters. The normalized spacial score (nSPS) is 17.6. The molecule has 144 valence electrons. The molecular formula is C22H27BrN2OS. The highest BCUT2D eigenvalue weighted by Crippen LogP contribution is 2.20. The number of carbonyl (C=O) groups excluding carboxylic acids is 1. The third-order valence-corrected chi connectivity index (χ3v) is 6.41. The van der Waals surface area contributed by atoms with Gasteiger partial charge in [-0.1, -0.05) is 58.4 Å². The first kappa shape index (κ1) is 20.4. The zero-order valence-corrected chi connectivity index (χ0v) is 18.0. The Balaban J connectivity index is 1.36. The second-order valence-electron chi connectivity index (χ2n) is 7.03. The predicted octanol–water partition coefficient (Wildman–Crippen LogP) is 4.71. The molecule has 1 unspecified atom stereocenters. The fraction of sp³-hybridized carbons (Fsp3) is 0.409. The summed E-state index contributed by atoms with van der Waals surface area (Å²) in [5.74, 6) is 2.29. The predicted molar refractivity (Wildman–Crippen MR) is 118 cm³/mol. The van der Waals surface area contributed by atoms with Crippen molar-refractivity contribution in [1.82, 2.24) is 10.2 Å². The summed E-state index contributed by atoms with van der Waals surface area (Å²) in [5.41, 5.74) is 2.64. The SMILES string of the molecule is O=C(NCCSCc1ccccc1)C1CCCN(Cc2ccc(Br)cc2)C1. The summed E-state index contributed by atoms with van der Waals surface area (Å²) >= 11 is 5.35. The lowest BCUT2D eigenvalue weighted by molar-refractivity contribution is -0.126. The van der Waals surface area contributed by atoms with Crippen LogP contribution in [-0.2, 0) is 17.1 Å². The molecule has 0 aromatic heterocycles. The number of carbonyl (C=O) groups is 1. The quantitative estimate of drug-likeness (QED) is 0.595. The summed E-state index contributed by atoms with van der Waals surface area (Å²) in [6.45, 7) is 3.61. The van der Waals surface area contributed by atoms with Gasteiger partial charge in [0.1, 0.15) is 0 Å². The molecule has 1 fully saturated rings. The van der Waals surface area contributed by atoms with Crippen molar-refractivity contribution in [2.24, 2.45) is 5.92 Å². The van der Waals surface area contributed by atoms with E-state index in [1.54, 1.807) is 0 Å². The summed E-state index contributed by atoms with van der Waals surface area (Å²) in [5, 5.41) is 3.14. The zero-order valence-electron chi connectivity index (χ0n) is 15.6. The van der Waals surface area contributed by atoms with Crippen molar-refractivity contribution in [3.8, 4) is 0 Å². The van der Waals surface area contributed by atoms with Gasteiger partial charge in [0.25, 0.3) is 0 Å². The fourth-order valence-corrected chi connectivity index (χ4v) is 4.50. The van der Waals surface area contributed by atoms with Crippen molar-refractivity contribution in [3.63, 3.8) is 0 Å². The summed E-state index contributed by atoms with van der Waals surface area (Å²) in [7, 11) is 0. The Hall–Kier alpha value is -1.30. The minimum Gasteiger partial charge on any atom is -0.355 e. The third-order valence-electron chi connectivity index (χ3n) is 4.85. The topological polar surface area (TPSA) is 32.3 Å². The minimum atomic E-state index is 0.119. The summed E-state index contributed by atoms with van der Waals surface area (Å²) in [4.78, 5) is 14.9. The highest BCUT2D eigenvalue weighted by atomic mass is 79.9. The molecule has 1 amide bonds. The number of rotatable bonds is 8. The third kappa shape index (κ3) is 6.98. The molecule has 0 radical (unpaired) electrons. The first-order valence-electron chi connectivity index (χ1n) is 9.57. The van der Waals surface area contributed by atoms with Crippen molar-refractivity contribution in [3.05, 3.63) is 70.2 Å². The fourth-order valence-electron chi connectivity index (χ4n) is 3.42. The van der Waals surface area contributed by atoms with Gasteiger partial charge in [-0.3, -0.25) is 9.69 Å². The molecule has 2 aromatic rings. The van der Waals surface area contributed by atoms with Crippen LogP contribution in [0.3, 0.4) is 0 Å². The first-order valence-corrected chi connectivity index (χ1v) is 11.5. The Labute approximate surface area is 175 Å². The first-order chi connectivity index (χ1) is 13.2. The molecule has 1 aliphatic heterocycles. The molecule has 2 aromatic carbocycles. The molecule has 1 N–H and O–H groups in total. The van der Waals surface area contributed by atoms with Gasteiger partial charge >= 0.3 is 0 Å². The van der Waals surface area contributed by atoms with E-state index in [1.165, 1.54) is 11.1 Å². The van der Waals surface area contributed by atoms with E-state index in [2.05, 4.69) is 74.7 Å². The van der Waals surface area contributed by atoms with E-state index in [1.807, 2.05) is 17.8 Å². The molecule has 3 nitrogen and oxygen atoms in total. The van der Waals surface area contributed by atoms with Crippen LogP contribution in [0.5, 0.6) is 0 Å². The molecule has 27 heavy (non-hydrogen) atoms. The van der Waals surface area contributed by atoms with Gasteiger partial charge in [-0.25, -0.2) is 0 Å². The van der Waals surface area contributed by atoms with Crippen LogP contribution < -0.4 is 5.32 Å². The van der Waals surface area contributed by atoms with Crippen LogP contribution in [0.1, 0.15) is 24.0 Å². The van der Waals surface area contributed by atoms with Crippen LogP contribution in [0.2, 0.25) is 0 Å². The van der Waals surface area contributed by atoms with E-state index in [0.29, 0.717) is 0 Å². The molecule has 1 saturated heterocycles. The maximum absolute atomic E-state index is 12.5. The number of hydrogen-bond donors (Lipinski definition) is 1. The van der Waals surface area contributed by atoms with Crippen molar-refractivity contribution in [2.45, 2.75) is 25.1 Å². The van der Waals surface area contributed by atoms with Gasteiger partial charge in [0, 0.05) is 35.6 Å². The van der Waals surface area contributed by atoms with Crippen LogP contribution in [0, 0.1) is 5.92 Å². The maximum Gasteiger partial charge on any atom is 0.224 e. The summed E-state index contributed by atoms with van der Waals surface area (Å²) in [6, 6.07) is 18.9. The number of piperidine rings is 1. The van der Waals surface area contributed by atoms with E-state index in [-0.39, 0.29) is 11.8 Å². The van der Waals surface area contributed by atoms with E-state index < -0.39 is 0 Å². The van der Waals surface area contributed by atoms with Crippen LogP contribution in [-0.4, -0.2) is 36.2 Å². The smallest absolute Gasteiger partial charge is 0.224 e. The number of nitrogens with zero attached hydrogens (tertiary/aromatic N) is 1. The molecule has 1 aliphatic rings. The second kappa shape index (κ2) is 10.9. The lowest BCUT2D eigenvalue weighted by Crippen LogP contribution is -2.43. The minimum absolute atomic E-state index is 0.119. The Morgan fingerprint density at radius 1 is 1.11 bits per heavy atom. The number of benzene rings is 2. The van der Waals surface area contributed by atoms with Crippen molar-refractivity contribution >= 4 is 33.6 Å². The lowest BCUT2D eigenvalue weighted by atomic mass is 9.96. The second-order valence-corrected chi connectivity index (χ2v) is 9.05. The monoisotopic (exact) mass is 446 g/mol. The van der Waals surface area contributed by atoms with Crippen molar-refractivity contribution in [1.29, 1.82) is 0 Å². The molecule has 0 spiro atoms. The summed E-state index contributed by atoms with van der Waals surface area (Å²) < 4.78 is 1.10. The highest BCUT2D eigenvalue weighted by molar-refractivity contribution is 9.10. The number of halogens is 1. The van der Waals surface area contributed by atoms with Crippen molar-refractivity contribution in [2.75, 3.05) is 25.4 Å².